The van der Waals surface area contributed by atoms with Crippen LogP contribution in [-0.4, -0.2) is 38.0 Å². The molecule has 0 fully saturated rings. The molecule has 0 bridgehead atoms. The highest BCUT2D eigenvalue weighted by Crippen LogP contribution is 2.22. The van der Waals surface area contributed by atoms with Gasteiger partial charge in [0.25, 0.3) is 0 Å². The second-order valence-electron chi connectivity index (χ2n) is 4.54. The third-order valence-electron chi connectivity index (χ3n) is 2.93. The summed E-state index contributed by atoms with van der Waals surface area (Å²) in [5, 5.41) is 3.01. The second kappa shape index (κ2) is 6.31. The molecule has 0 spiro atoms. The molecular formula is C13H20BrN3O. The van der Waals surface area contributed by atoms with Crippen molar-refractivity contribution >= 4 is 21.8 Å². The summed E-state index contributed by atoms with van der Waals surface area (Å²) in [6.07, 6.45) is 0. The predicted octanol–water partition coefficient (Wildman–Crippen LogP) is 1.30. The molecule has 100 valence electrons. The molecule has 1 rings (SSSR count). The van der Waals surface area contributed by atoms with Gasteiger partial charge in [0.1, 0.15) is 5.54 Å². The Balaban J connectivity index is 2.84. The van der Waals surface area contributed by atoms with Crippen LogP contribution in [0.4, 0.5) is 0 Å². The molecule has 1 aromatic carbocycles. The van der Waals surface area contributed by atoms with Crippen molar-refractivity contribution < 1.29 is 4.79 Å². The first-order chi connectivity index (χ1) is 8.39. The Morgan fingerprint density at radius 3 is 2.50 bits per heavy atom. The molecule has 0 heterocycles. The molecule has 0 saturated carbocycles. The smallest absolute Gasteiger partial charge is 0.246 e. The zero-order chi connectivity index (χ0) is 13.8. The Kier molecular flexibility index (Phi) is 5.31. The minimum Gasteiger partial charge on any atom is -0.343 e. The maximum absolute atomic E-state index is 12.3. The highest BCUT2D eigenvalue weighted by atomic mass is 79.9. The standard InChI is InChI=1S/C13H20BrN3O/c1-13(15,10-4-6-11(14)7-5-10)12(18)17(3)9-8-16-2/h4-7,16H,8-9,15H2,1-3H3. The first-order valence-corrected chi connectivity index (χ1v) is 6.64. The van der Waals surface area contributed by atoms with Crippen LogP contribution in [-0.2, 0) is 10.3 Å². The van der Waals surface area contributed by atoms with Crippen molar-refractivity contribution in [3.63, 3.8) is 0 Å². The molecule has 0 aromatic heterocycles. The van der Waals surface area contributed by atoms with E-state index in [4.69, 9.17) is 5.73 Å². The largest absolute Gasteiger partial charge is 0.343 e. The summed E-state index contributed by atoms with van der Waals surface area (Å²) in [6.45, 7) is 3.13. The number of benzene rings is 1. The summed E-state index contributed by atoms with van der Waals surface area (Å²) >= 11 is 3.37. The molecule has 0 saturated heterocycles. The summed E-state index contributed by atoms with van der Waals surface area (Å²) < 4.78 is 0.970. The van der Waals surface area contributed by atoms with Crippen LogP contribution in [0.3, 0.4) is 0 Å². The number of nitrogens with two attached hydrogens (primary N) is 1. The van der Waals surface area contributed by atoms with E-state index >= 15 is 0 Å². The quantitative estimate of drug-likeness (QED) is 0.861. The lowest BCUT2D eigenvalue weighted by Gasteiger charge is -2.29. The van der Waals surface area contributed by atoms with Crippen LogP contribution in [0, 0.1) is 0 Å². The van der Waals surface area contributed by atoms with Gasteiger partial charge in [0, 0.05) is 24.6 Å². The molecule has 1 unspecified atom stereocenters. The monoisotopic (exact) mass is 313 g/mol. The molecule has 0 aliphatic rings. The lowest BCUT2D eigenvalue weighted by atomic mass is 9.92. The summed E-state index contributed by atoms with van der Waals surface area (Å²) in [6, 6.07) is 7.52. The molecule has 18 heavy (non-hydrogen) atoms. The molecule has 1 atom stereocenters. The molecule has 0 aliphatic carbocycles. The third kappa shape index (κ3) is 3.54. The first kappa shape index (κ1) is 15.1. The number of amides is 1. The van der Waals surface area contributed by atoms with E-state index in [1.54, 1.807) is 18.9 Å². The molecule has 0 aliphatic heterocycles. The van der Waals surface area contributed by atoms with Gasteiger partial charge in [-0.25, -0.2) is 0 Å². The fourth-order valence-electron chi connectivity index (χ4n) is 1.70. The van der Waals surface area contributed by atoms with Crippen LogP contribution in [0.5, 0.6) is 0 Å². The van der Waals surface area contributed by atoms with E-state index in [0.717, 1.165) is 16.6 Å². The fourth-order valence-corrected chi connectivity index (χ4v) is 1.96. The lowest BCUT2D eigenvalue weighted by Crippen LogP contribution is -2.50. The van der Waals surface area contributed by atoms with Crippen LogP contribution in [0.15, 0.2) is 28.7 Å². The maximum Gasteiger partial charge on any atom is 0.246 e. The van der Waals surface area contributed by atoms with Crippen LogP contribution in [0.2, 0.25) is 0 Å². The number of nitrogens with one attached hydrogen (secondary N) is 1. The van der Waals surface area contributed by atoms with Gasteiger partial charge >= 0.3 is 0 Å². The van der Waals surface area contributed by atoms with Gasteiger partial charge in [-0.2, -0.15) is 0 Å². The highest BCUT2D eigenvalue weighted by Gasteiger charge is 2.32. The second-order valence-corrected chi connectivity index (χ2v) is 5.46. The van der Waals surface area contributed by atoms with E-state index in [1.165, 1.54) is 0 Å². The Hall–Kier alpha value is -0.910. The fraction of sp³-hybridized carbons (Fsp3) is 0.462. The zero-order valence-electron chi connectivity index (χ0n) is 11.0. The number of hydrogen-bond donors (Lipinski definition) is 2. The number of carbonyl (C=O) groups is 1. The maximum atomic E-state index is 12.3. The molecule has 4 nitrogen and oxygen atoms in total. The zero-order valence-corrected chi connectivity index (χ0v) is 12.6. The topological polar surface area (TPSA) is 58.4 Å². The van der Waals surface area contributed by atoms with Crippen LogP contribution in [0.1, 0.15) is 12.5 Å². The van der Waals surface area contributed by atoms with Crippen molar-refractivity contribution in [1.29, 1.82) is 0 Å². The number of halogens is 1. The Labute approximate surface area is 117 Å². The average Bonchev–Trinajstić information content (AvgIpc) is 2.35. The van der Waals surface area contributed by atoms with E-state index in [2.05, 4.69) is 21.2 Å². The van der Waals surface area contributed by atoms with E-state index in [9.17, 15) is 4.79 Å². The first-order valence-electron chi connectivity index (χ1n) is 5.84. The molecular weight excluding hydrogens is 294 g/mol. The Morgan fingerprint density at radius 2 is 2.00 bits per heavy atom. The molecule has 1 amide bonds. The van der Waals surface area contributed by atoms with Crippen molar-refractivity contribution in [2.24, 2.45) is 5.73 Å². The Morgan fingerprint density at radius 1 is 1.44 bits per heavy atom. The van der Waals surface area contributed by atoms with E-state index in [-0.39, 0.29) is 5.91 Å². The van der Waals surface area contributed by atoms with Gasteiger partial charge in [0.2, 0.25) is 5.91 Å². The summed E-state index contributed by atoms with van der Waals surface area (Å²) in [7, 11) is 3.62. The minimum absolute atomic E-state index is 0.0833. The van der Waals surface area contributed by atoms with Gasteiger partial charge in [-0.3, -0.25) is 4.79 Å². The van der Waals surface area contributed by atoms with Gasteiger partial charge in [0.15, 0.2) is 0 Å². The van der Waals surface area contributed by atoms with E-state index < -0.39 is 5.54 Å². The molecule has 5 heteroatoms. The van der Waals surface area contributed by atoms with Crippen molar-refractivity contribution in [3.8, 4) is 0 Å². The molecule has 3 N–H and O–H groups in total. The number of carbonyl (C=O) groups excluding carboxylic acids is 1. The van der Waals surface area contributed by atoms with Crippen molar-refractivity contribution in [1.82, 2.24) is 10.2 Å². The van der Waals surface area contributed by atoms with E-state index in [1.807, 2.05) is 31.3 Å². The Bertz CT molecular complexity index is 403. The SMILES string of the molecule is CNCCN(C)C(=O)C(C)(N)c1ccc(Br)cc1. The van der Waals surface area contributed by atoms with Gasteiger partial charge in [-0.05, 0) is 31.7 Å². The predicted molar refractivity (Wildman–Crippen MR) is 77.2 cm³/mol. The lowest BCUT2D eigenvalue weighted by molar-refractivity contribution is -0.135. The van der Waals surface area contributed by atoms with Crippen LogP contribution in [0.25, 0.3) is 0 Å². The van der Waals surface area contributed by atoms with Gasteiger partial charge in [-0.1, -0.05) is 28.1 Å². The van der Waals surface area contributed by atoms with Crippen molar-refractivity contribution in [2.75, 3.05) is 27.2 Å². The number of hydrogen-bond acceptors (Lipinski definition) is 3. The van der Waals surface area contributed by atoms with E-state index in [0.29, 0.717) is 6.54 Å². The normalized spacial score (nSPS) is 14.1. The third-order valence-corrected chi connectivity index (χ3v) is 3.46. The number of likely N-dealkylation sites (N-methyl/N-ethyl adjacent to an activating group) is 2. The minimum atomic E-state index is -0.997. The average molecular weight is 314 g/mol. The molecule has 0 radical (unpaired) electrons. The van der Waals surface area contributed by atoms with Gasteiger partial charge in [0.05, 0.1) is 0 Å². The summed E-state index contributed by atoms with van der Waals surface area (Å²) in [5.74, 6) is -0.0833. The van der Waals surface area contributed by atoms with Crippen LogP contribution >= 0.6 is 15.9 Å². The summed E-state index contributed by atoms with van der Waals surface area (Å²) in [5.41, 5.74) is 5.99. The molecule has 1 aromatic rings. The van der Waals surface area contributed by atoms with Crippen molar-refractivity contribution in [3.05, 3.63) is 34.3 Å². The highest BCUT2D eigenvalue weighted by molar-refractivity contribution is 9.10. The van der Waals surface area contributed by atoms with Crippen molar-refractivity contribution in [2.45, 2.75) is 12.5 Å². The van der Waals surface area contributed by atoms with Gasteiger partial charge < -0.3 is 16.0 Å². The number of rotatable bonds is 5. The number of nitrogens with zero attached hydrogens (tertiary/aromatic N) is 1. The summed E-state index contributed by atoms with van der Waals surface area (Å²) in [4.78, 5) is 14.0. The van der Waals surface area contributed by atoms with Gasteiger partial charge in [-0.15, -0.1) is 0 Å². The van der Waals surface area contributed by atoms with Crippen LogP contribution < -0.4 is 11.1 Å².